The second-order valence-corrected chi connectivity index (χ2v) is 7.05. The zero-order chi connectivity index (χ0) is 19.6. The lowest BCUT2D eigenvalue weighted by molar-refractivity contribution is 0.170. The number of fused-ring (bicyclic) bond motifs is 1. The van der Waals surface area contributed by atoms with Crippen LogP contribution in [0.5, 0.6) is 5.75 Å². The number of ether oxygens (including phenoxy) is 1. The van der Waals surface area contributed by atoms with E-state index in [1.54, 1.807) is 18.3 Å². The third kappa shape index (κ3) is 3.76. The van der Waals surface area contributed by atoms with E-state index in [4.69, 9.17) is 9.15 Å². The van der Waals surface area contributed by atoms with Crippen LogP contribution < -0.4 is 9.64 Å². The van der Waals surface area contributed by atoms with E-state index in [-0.39, 0.29) is 11.9 Å². The van der Waals surface area contributed by atoms with Gasteiger partial charge >= 0.3 is 0 Å². The number of halogens is 1. The van der Waals surface area contributed by atoms with Crippen molar-refractivity contribution in [3.05, 3.63) is 66.6 Å². The first-order valence-corrected chi connectivity index (χ1v) is 9.60. The Morgan fingerprint density at radius 1 is 1.03 bits per heavy atom. The first kappa shape index (κ1) is 17.6. The van der Waals surface area contributed by atoms with Crippen LogP contribution in [-0.2, 0) is 0 Å². The van der Waals surface area contributed by atoms with Gasteiger partial charge in [-0.2, -0.15) is 5.10 Å². The highest BCUT2D eigenvalue weighted by molar-refractivity contribution is 5.82. The van der Waals surface area contributed by atoms with Crippen molar-refractivity contribution in [2.45, 2.75) is 18.9 Å². The third-order valence-corrected chi connectivity index (χ3v) is 5.05. The molecule has 1 aliphatic heterocycles. The summed E-state index contributed by atoms with van der Waals surface area (Å²) in [5, 5.41) is 9.34. The van der Waals surface area contributed by atoms with Crippen molar-refractivity contribution >= 4 is 16.9 Å². The summed E-state index contributed by atoms with van der Waals surface area (Å²) in [5.41, 5.74) is 1.47. The standard InChI is InChI=1S/C22H19FN4O2/c23-16-5-3-6-18(13-16)28-17-8-10-27(11-9-17)22-25-19(14-24-26-22)21-12-15-4-1-2-7-20(15)29-21/h1-7,12-14,17H,8-11H2. The Labute approximate surface area is 167 Å². The smallest absolute Gasteiger partial charge is 0.246 e. The van der Waals surface area contributed by atoms with Gasteiger partial charge in [-0.3, -0.25) is 0 Å². The van der Waals surface area contributed by atoms with Gasteiger partial charge in [0.2, 0.25) is 5.95 Å². The van der Waals surface area contributed by atoms with E-state index in [1.807, 2.05) is 30.3 Å². The van der Waals surface area contributed by atoms with Crippen LogP contribution in [0.2, 0.25) is 0 Å². The SMILES string of the molecule is Fc1cccc(OC2CCN(c3nncc(-c4cc5ccccc5o4)n3)CC2)c1. The summed E-state index contributed by atoms with van der Waals surface area (Å²) in [6, 6.07) is 16.1. The van der Waals surface area contributed by atoms with Crippen LogP contribution in [0.25, 0.3) is 22.4 Å². The number of benzene rings is 2. The first-order valence-electron chi connectivity index (χ1n) is 9.60. The lowest BCUT2D eigenvalue weighted by Gasteiger charge is -2.31. The molecule has 2 aromatic heterocycles. The highest BCUT2D eigenvalue weighted by Crippen LogP contribution is 2.27. The summed E-state index contributed by atoms with van der Waals surface area (Å²) in [5.74, 6) is 1.52. The number of aromatic nitrogens is 3. The third-order valence-electron chi connectivity index (χ3n) is 5.05. The molecule has 4 aromatic rings. The number of para-hydroxylation sites is 1. The number of hydrogen-bond donors (Lipinski definition) is 0. The normalized spacial score (nSPS) is 15.0. The highest BCUT2D eigenvalue weighted by Gasteiger charge is 2.23. The van der Waals surface area contributed by atoms with E-state index in [0.717, 1.165) is 36.9 Å². The quantitative estimate of drug-likeness (QED) is 0.512. The number of hydrogen-bond acceptors (Lipinski definition) is 6. The molecule has 2 aromatic carbocycles. The van der Waals surface area contributed by atoms with Crippen molar-refractivity contribution in [1.29, 1.82) is 0 Å². The Balaban J connectivity index is 1.28. The zero-order valence-corrected chi connectivity index (χ0v) is 15.7. The number of anilines is 1. The van der Waals surface area contributed by atoms with Gasteiger partial charge in [0.1, 0.15) is 28.9 Å². The Morgan fingerprint density at radius 3 is 2.72 bits per heavy atom. The van der Waals surface area contributed by atoms with Gasteiger partial charge in [0.25, 0.3) is 0 Å². The van der Waals surface area contributed by atoms with E-state index in [9.17, 15) is 4.39 Å². The summed E-state index contributed by atoms with van der Waals surface area (Å²) in [4.78, 5) is 6.74. The predicted octanol–water partition coefficient (Wildman–Crippen LogP) is 4.47. The number of nitrogens with zero attached hydrogens (tertiary/aromatic N) is 4. The minimum Gasteiger partial charge on any atom is -0.490 e. The molecule has 0 atom stereocenters. The highest BCUT2D eigenvalue weighted by atomic mass is 19.1. The van der Waals surface area contributed by atoms with Gasteiger partial charge < -0.3 is 14.1 Å². The molecule has 0 unspecified atom stereocenters. The molecule has 29 heavy (non-hydrogen) atoms. The van der Waals surface area contributed by atoms with E-state index in [1.165, 1.54) is 12.1 Å². The molecular weight excluding hydrogens is 371 g/mol. The zero-order valence-electron chi connectivity index (χ0n) is 15.7. The van der Waals surface area contributed by atoms with Crippen LogP contribution >= 0.6 is 0 Å². The second-order valence-electron chi connectivity index (χ2n) is 7.05. The number of furan rings is 1. The van der Waals surface area contributed by atoms with Crippen LogP contribution in [-0.4, -0.2) is 34.4 Å². The molecule has 0 spiro atoms. The van der Waals surface area contributed by atoms with Crippen LogP contribution in [0, 0.1) is 5.82 Å². The molecule has 1 saturated heterocycles. The Hall–Kier alpha value is -3.48. The van der Waals surface area contributed by atoms with Crippen LogP contribution in [0.4, 0.5) is 10.3 Å². The van der Waals surface area contributed by atoms with Gasteiger partial charge in [-0.1, -0.05) is 24.3 Å². The average molecular weight is 390 g/mol. The molecule has 0 amide bonds. The first-order chi connectivity index (χ1) is 14.2. The Morgan fingerprint density at radius 2 is 1.90 bits per heavy atom. The summed E-state index contributed by atoms with van der Waals surface area (Å²) in [6.45, 7) is 1.48. The minimum absolute atomic E-state index is 0.0413. The second kappa shape index (κ2) is 7.50. The molecule has 0 aliphatic carbocycles. The lowest BCUT2D eigenvalue weighted by atomic mass is 10.1. The molecule has 0 bridgehead atoms. The Kier molecular flexibility index (Phi) is 4.56. The molecule has 1 fully saturated rings. The largest absolute Gasteiger partial charge is 0.490 e. The summed E-state index contributed by atoms with van der Waals surface area (Å²) < 4.78 is 25.1. The lowest BCUT2D eigenvalue weighted by Crippen LogP contribution is -2.39. The summed E-state index contributed by atoms with van der Waals surface area (Å²) >= 11 is 0. The molecule has 0 saturated carbocycles. The topological polar surface area (TPSA) is 64.3 Å². The van der Waals surface area contributed by atoms with Crippen molar-refractivity contribution < 1.29 is 13.5 Å². The maximum Gasteiger partial charge on any atom is 0.246 e. The minimum atomic E-state index is -0.290. The van der Waals surface area contributed by atoms with Crippen LogP contribution in [0.1, 0.15) is 12.8 Å². The molecule has 6 nitrogen and oxygen atoms in total. The fourth-order valence-electron chi connectivity index (χ4n) is 3.56. The van der Waals surface area contributed by atoms with Crippen molar-refractivity contribution in [1.82, 2.24) is 15.2 Å². The molecule has 5 rings (SSSR count). The molecule has 146 valence electrons. The van der Waals surface area contributed by atoms with Gasteiger partial charge in [-0.25, -0.2) is 9.37 Å². The maximum atomic E-state index is 13.3. The molecule has 1 aliphatic rings. The van der Waals surface area contributed by atoms with Crippen LogP contribution in [0.15, 0.2) is 65.2 Å². The van der Waals surface area contributed by atoms with Crippen molar-refractivity contribution in [2.75, 3.05) is 18.0 Å². The fraction of sp³-hybridized carbons (Fsp3) is 0.227. The van der Waals surface area contributed by atoms with Gasteiger partial charge in [-0.15, -0.1) is 5.10 Å². The maximum absolute atomic E-state index is 13.3. The van der Waals surface area contributed by atoms with E-state index in [2.05, 4.69) is 20.1 Å². The van der Waals surface area contributed by atoms with E-state index < -0.39 is 0 Å². The molecule has 0 radical (unpaired) electrons. The van der Waals surface area contributed by atoms with Gasteiger partial charge in [0, 0.05) is 37.4 Å². The predicted molar refractivity (Wildman–Crippen MR) is 107 cm³/mol. The molecule has 3 heterocycles. The van der Waals surface area contributed by atoms with Crippen molar-refractivity contribution in [3.63, 3.8) is 0 Å². The summed E-state index contributed by atoms with van der Waals surface area (Å²) in [7, 11) is 0. The Bertz CT molecular complexity index is 1110. The van der Waals surface area contributed by atoms with Gasteiger partial charge in [-0.05, 0) is 24.3 Å². The van der Waals surface area contributed by atoms with Gasteiger partial charge in [0.15, 0.2) is 5.76 Å². The van der Waals surface area contributed by atoms with Crippen molar-refractivity contribution in [3.8, 4) is 17.2 Å². The molecule has 7 heteroatoms. The van der Waals surface area contributed by atoms with Crippen LogP contribution in [0.3, 0.4) is 0 Å². The average Bonchev–Trinajstić information content (AvgIpc) is 3.19. The molecular formula is C22H19FN4O2. The molecule has 0 N–H and O–H groups in total. The fourth-order valence-corrected chi connectivity index (χ4v) is 3.56. The van der Waals surface area contributed by atoms with E-state index >= 15 is 0 Å². The van der Waals surface area contributed by atoms with E-state index in [0.29, 0.717) is 23.2 Å². The number of piperidine rings is 1. The summed E-state index contributed by atoms with van der Waals surface area (Å²) in [6.07, 6.45) is 3.25. The van der Waals surface area contributed by atoms with Gasteiger partial charge in [0.05, 0.1) is 6.20 Å². The number of rotatable bonds is 4. The van der Waals surface area contributed by atoms with Crippen molar-refractivity contribution in [2.24, 2.45) is 0 Å². The monoisotopic (exact) mass is 390 g/mol.